The maximum Gasteiger partial charge on any atom is 0.238 e. The lowest BCUT2D eigenvalue weighted by Crippen LogP contribution is -2.31. The number of amides is 1. The smallest absolute Gasteiger partial charge is 0.238 e. The number of carbonyl (C=O) groups excluding carboxylic acids is 2. The molecule has 0 bridgehead atoms. The zero-order chi connectivity index (χ0) is 20.3. The lowest BCUT2D eigenvalue weighted by molar-refractivity contribution is -0.120. The van der Waals surface area contributed by atoms with Crippen molar-refractivity contribution < 1.29 is 31.5 Å². The molecule has 1 amide bonds. The Morgan fingerprint density at radius 1 is 0.815 bits per heavy atom. The summed E-state index contributed by atoms with van der Waals surface area (Å²) < 4.78 is 66.0. The van der Waals surface area contributed by atoms with E-state index < -0.39 is 40.7 Å². The molecule has 27 heavy (non-hydrogen) atoms. The number of hydrogen-bond acceptors (Lipinski definition) is 3. The molecule has 0 fully saturated rings. The molecule has 0 saturated heterocycles. The predicted octanol–water partition coefficient (Wildman–Crippen LogP) is 4.11. The topological polar surface area (TPSA) is 58.2 Å². The van der Waals surface area contributed by atoms with E-state index in [2.05, 4.69) is 0 Å². The first-order chi connectivity index (χ1) is 12.6. The molecule has 4 nitrogen and oxygen atoms in total. The van der Waals surface area contributed by atoms with Crippen molar-refractivity contribution in [3.63, 3.8) is 0 Å². The van der Waals surface area contributed by atoms with Crippen molar-refractivity contribution in [1.82, 2.24) is 5.43 Å². The van der Waals surface area contributed by atoms with Crippen molar-refractivity contribution in [1.29, 1.82) is 0 Å². The van der Waals surface area contributed by atoms with Gasteiger partial charge in [0, 0.05) is 18.4 Å². The van der Waals surface area contributed by atoms with Crippen molar-refractivity contribution in [3.8, 4) is 0 Å². The standard InChI is InChI=1S/C18H15F5N2O2/c1-8-3-4-10(7-9(8)2)11(26)5-6-12(27)24-25-18-16(22)14(20)13(19)15(21)17(18)23/h3-4,7,25H,5-6H2,1-2H3,(H,24,27). The van der Waals surface area contributed by atoms with Crippen LogP contribution in [0.25, 0.3) is 0 Å². The van der Waals surface area contributed by atoms with Gasteiger partial charge in [-0.05, 0) is 31.0 Å². The van der Waals surface area contributed by atoms with Gasteiger partial charge in [-0.25, -0.2) is 22.0 Å². The van der Waals surface area contributed by atoms with Crippen LogP contribution in [0, 0.1) is 42.9 Å². The van der Waals surface area contributed by atoms with E-state index in [9.17, 15) is 31.5 Å². The molecule has 0 aliphatic carbocycles. The van der Waals surface area contributed by atoms with E-state index in [0.29, 0.717) is 5.56 Å². The molecule has 0 atom stereocenters. The number of ketones is 1. The maximum absolute atomic E-state index is 13.5. The van der Waals surface area contributed by atoms with Gasteiger partial charge in [-0.3, -0.25) is 20.4 Å². The van der Waals surface area contributed by atoms with E-state index in [4.69, 9.17) is 0 Å². The summed E-state index contributed by atoms with van der Waals surface area (Å²) in [5, 5.41) is 0. The average molecular weight is 386 g/mol. The van der Waals surface area contributed by atoms with Crippen molar-refractivity contribution in [2.75, 3.05) is 5.43 Å². The molecule has 144 valence electrons. The maximum atomic E-state index is 13.5. The molecule has 0 aliphatic rings. The Labute approximate surface area is 151 Å². The van der Waals surface area contributed by atoms with Gasteiger partial charge in [0.15, 0.2) is 29.1 Å². The van der Waals surface area contributed by atoms with Crippen LogP contribution in [-0.2, 0) is 4.79 Å². The molecular weight excluding hydrogens is 371 g/mol. The van der Waals surface area contributed by atoms with Gasteiger partial charge in [-0.15, -0.1) is 0 Å². The lowest BCUT2D eigenvalue weighted by atomic mass is 10.0. The highest BCUT2D eigenvalue weighted by molar-refractivity contribution is 5.98. The van der Waals surface area contributed by atoms with Gasteiger partial charge in [0.1, 0.15) is 5.69 Å². The third-order valence-corrected chi connectivity index (χ3v) is 3.94. The summed E-state index contributed by atoms with van der Waals surface area (Å²) in [6, 6.07) is 5.03. The highest BCUT2D eigenvalue weighted by Gasteiger charge is 2.26. The number of halogens is 5. The van der Waals surface area contributed by atoms with Crippen LogP contribution in [0.15, 0.2) is 18.2 Å². The summed E-state index contributed by atoms with van der Waals surface area (Å²) >= 11 is 0. The second-order valence-corrected chi connectivity index (χ2v) is 5.84. The largest absolute Gasteiger partial charge is 0.294 e. The Balaban J connectivity index is 1.97. The Morgan fingerprint density at radius 3 is 1.93 bits per heavy atom. The molecule has 9 heteroatoms. The number of nitrogens with one attached hydrogen (secondary N) is 2. The number of rotatable bonds is 6. The fourth-order valence-electron chi connectivity index (χ4n) is 2.20. The van der Waals surface area contributed by atoms with Gasteiger partial charge < -0.3 is 0 Å². The van der Waals surface area contributed by atoms with Crippen molar-refractivity contribution >= 4 is 17.4 Å². The van der Waals surface area contributed by atoms with Crippen LogP contribution in [0.1, 0.15) is 34.3 Å². The van der Waals surface area contributed by atoms with Crippen LogP contribution in [0.5, 0.6) is 0 Å². The first-order valence-corrected chi connectivity index (χ1v) is 7.80. The fourth-order valence-corrected chi connectivity index (χ4v) is 2.20. The molecule has 0 radical (unpaired) electrons. The van der Waals surface area contributed by atoms with Gasteiger partial charge >= 0.3 is 0 Å². The van der Waals surface area contributed by atoms with Gasteiger partial charge in [0.2, 0.25) is 11.7 Å². The van der Waals surface area contributed by atoms with E-state index in [1.165, 1.54) is 0 Å². The summed E-state index contributed by atoms with van der Waals surface area (Å²) in [5.41, 5.74) is 4.38. The molecule has 0 spiro atoms. The van der Waals surface area contributed by atoms with Crippen molar-refractivity contribution in [2.45, 2.75) is 26.7 Å². The Kier molecular flexibility index (Phi) is 6.14. The molecule has 0 aromatic heterocycles. The quantitative estimate of drug-likeness (QED) is 0.258. The molecule has 0 saturated carbocycles. The molecule has 2 aromatic rings. The predicted molar refractivity (Wildman–Crippen MR) is 87.5 cm³/mol. The minimum atomic E-state index is -2.30. The third-order valence-electron chi connectivity index (χ3n) is 3.94. The molecule has 2 N–H and O–H groups in total. The molecule has 0 aliphatic heterocycles. The number of Topliss-reactive ketones (excluding diaryl/α,β-unsaturated/α-hetero) is 1. The normalized spacial score (nSPS) is 10.6. The van der Waals surface area contributed by atoms with Crippen LogP contribution in [-0.4, -0.2) is 11.7 Å². The van der Waals surface area contributed by atoms with Crippen LogP contribution >= 0.6 is 0 Å². The zero-order valence-corrected chi connectivity index (χ0v) is 14.4. The number of carbonyl (C=O) groups is 2. The highest BCUT2D eigenvalue weighted by Crippen LogP contribution is 2.26. The monoisotopic (exact) mass is 386 g/mol. The van der Waals surface area contributed by atoms with Crippen molar-refractivity contribution in [2.24, 2.45) is 0 Å². The summed E-state index contributed by atoms with van der Waals surface area (Å²) in [5.74, 6) is -12.0. The van der Waals surface area contributed by atoms with E-state index in [0.717, 1.165) is 11.1 Å². The Bertz CT molecular complexity index is 886. The van der Waals surface area contributed by atoms with Crippen LogP contribution < -0.4 is 10.9 Å². The number of aryl methyl sites for hydroxylation is 2. The second-order valence-electron chi connectivity index (χ2n) is 5.84. The van der Waals surface area contributed by atoms with Gasteiger partial charge in [-0.1, -0.05) is 12.1 Å². The van der Waals surface area contributed by atoms with E-state index >= 15 is 0 Å². The lowest BCUT2D eigenvalue weighted by Gasteiger charge is -2.12. The van der Waals surface area contributed by atoms with E-state index in [1.807, 2.05) is 13.8 Å². The zero-order valence-electron chi connectivity index (χ0n) is 14.4. The number of anilines is 1. The number of benzene rings is 2. The molecule has 0 heterocycles. The number of hydrazine groups is 1. The molecule has 2 aromatic carbocycles. The SMILES string of the molecule is Cc1ccc(C(=O)CCC(=O)NNc2c(F)c(F)c(F)c(F)c2F)cc1C. The van der Waals surface area contributed by atoms with Gasteiger partial charge in [-0.2, -0.15) is 0 Å². The minimum absolute atomic E-state index is 0.201. The summed E-state index contributed by atoms with van der Waals surface area (Å²) in [6.07, 6.45) is -0.554. The van der Waals surface area contributed by atoms with Gasteiger partial charge in [0.25, 0.3) is 0 Å². The average Bonchev–Trinajstić information content (AvgIpc) is 2.65. The van der Waals surface area contributed by atoms with E-state index in [-0.39, 0.29) is 18.6 Å². The van der Waals surface area contributed by atoms with Crippen LogP contribution in [0.4, 0.5) is 27.6 Å². The first-order valence-electron chi connectivity index (χ1n) is 7.80. The summed E-state index contributed by atoms with van der Waals surface area (Å²) in [6.45, 7) is 3.70. The first kappa shape index (κ1) is 20.3. The van der Waals surface area contributed by atoms with Crippen LogP contribution in [0.2, 0.25) is 0 Å². The highest BCUT2D eigenvalue weighted by atomic mass is 19.2. The minimum Gasteiger partial charge on any atom is -0.294 e. The summed E-state index contributed by atoms with van der Waals surface area (Å²) in [7, 11) is 0. The fraction of sp³-hybridized carbons (Fsp3) is 0.222. The van der Waals surface area contributed by atoms with Crippen molar-refractivity contribution in [3.05, 3.63) is 64.0 Å². The third kappa shape index (κ3) is 4.42. The molecule has 2 rings (SSSR count). The Hall–Kier alpha value is -2.97. The molecule has 0 unspecified atom stereocenters. The van der Waals surface area contributed by atoms with Gasteiger partial charge in [0.05, 0.1) is 0 Å². The second kappa shape index (κ2) is 8.15. The Morgan fingerprint density at radius 2 is 1.37 bits per heavy atom. The van der Waals surface area contributed by atoms with Crippen LogP contribution in [0.3, 0.4) is 0 Å². The molecular formula is C18H15F5N2O2. The summed E-state index contributed by atoms with van der Waals surface area (Å²) in [4.78, 5) is 23.8. The number of hydrogen-bond donors (Lipinski definition) is 2. The van der Waals surface area contributed by atoms with E-state index in [1.54, 1.807) is 29.1 Å².